The molecule has 3 rings (SSSR count). The number of carbonyl (C=O) groups is 2. The Hall–Kier alpha value is -2.32. The molecule has 0 spiro atoms. The number of amides is 2. The molecule has 0 aliphatic carbocycles. The predicted molar refractivity (Wildman–Crippen MR) is 88.4 cm³/mol. The summed E-state index contributed by atoms with van der Waals surface area (Å²) >= 11 is 0. The molecule has 28 heavy (non-hydrogen) atoms. The molecule has 0 radical (unpaired) electrons. The van der Waals surface area contributed by atoms with Crippen LogP contribution in [0.2, 0.25) is 0 Å². The topological polar surface area (TPSA) is 179 Å². The number of nitrogens with zero attached hydrogens (tertiary/aromatic N) is 4. The lowest BCUT2D eigenvalue weighted by Crippen LogP contribution is -2.56. The van der Waals surface area contributed by atoms with Gasteiger partial charge < -0.3 is 35.2 Å². The Morgan fingerprint density at radius 1 is 1.32 bits per heavy atom. The lowest BCUT2D eigenvalue weighted by Gasteiger charge is -2.39. The first-order valence-electron chi connectivity index (χ1n) is 8.71. The fraction of sp³-hybridized carbons (Fsp3) is 0.733. The SMILES string of the molecule is CC(=O)NCC1CN(Cc2cn([C@@H]3O[C@H](CO)[C@@H](O)[C@H](O)[C@H]3O)nn2)C(=O)O1. The monoisotopic (exact) mass is 401 g/mol. The summed E-state index contributed by atoms with van der Waals surface area (Å²) in [5, 5.41) is 49.4. The zero-order valence-corrected chi connectivity index (χ0v) is 15.1. The van der Waals surface area contributed by atoms with Crippen LogP contribution >= 0.6 is 0 Å². The summed E-state index contributed by atoms with van der Waals surface area (Å²) < 4.78 is 11.7. The van der Waals surface area contributed by atoms with Gasteiger partial charge in [-0.1, -0.05) is 5.21 Å². The molecule has 0 bridgehead atoms. The first-order chi connectivity index (χ1) is 13.3. The van der Waals surface area contributed by atoms with Crippen LogP contribution in [0.1, 0.15) is 18.8 Å². The molecule has 2 fully saturated rings. The van der Waals surface area contributed by atoms with Gasteiger partial charge in [0.25, 0.3) is 0 Å². The van der Waals surface area contributed by atoms with Crippen molar-refractivity contribution in [2.45, 2.75) is 50.2 Å². The van der Waals surface area contributed by atoms with Crippen LogP contribution in [-0.2, 0) is 20.8 Å². The van der Waals surface area contributed by atoms with E-state index in [2.05, 4.69) is 15.6 Å². The van der Waals surface area contributed by atoms with Gasteiger partial charge in [-0.2, -0.15) is 0 Å². The highest BCUT2D eigenvalue weighted by Crippen LogP contribution is 2.28. The van der Waals surface area contributed by atoms with Crippen LogP contribution in [0.15, 0.2) is 6.20 Å². The van der Waals surface area contributed by atoms with Crippen molar-refractivity contribution in [3.05, 3.63) is 11.9 Å². The smallest absolute Gasteiger partial charge is 0.410 e. The van der Waals surface area contributed by atoms with Gasteiger partial charge in [0, 0.05) is 6.92 Å². The molecule has 13 heteroatoms. The highest BCUT2D eigenvalue weighted by atomic mass is 16.6. The van der Waals surface area contributed by atoms with Crippen LogP contribution in [-0.4, -0.2) is 103 Å². The van der Waals surface area contributed by atoms with E-state index in [0.29, 0.717) is 5.69 Å². The molecule has 0 aromatic carbocycles. The minimum Gasteiger partial charge on any atom is -0.442 e. The Balaban J connectivity index is 1.62. The normalized spacial score (nSPS) is 33.0. The van der Waals surface area contributed by atoms with Crippen molar-refractivity contribution in [2.24, 2.45) is 0 Å². The van der Waals surface area contributed by atoms with Gasteiger partial charge in [0.1, 0.15) is 36.2 Å². The van der Waals surface area contributed by atoms with E-state index in [4.69, 9.17) is 9.47 Å². The predicted octanol–water partition coefficient (Wildman–Crippen LogP) is -3.29. The van der Waals surface area contributed by atoms with Crippen molar-refractivity contribution in [1.82, 2.24) is 25.2 Å². The van der Waals surface area contributed by atoms with Crippen LogP contribution in [0.3, 0.4) is 0 Å². The molecule has 1 unspecified atom stereocenters. The number of hydrogen-bond acceptors (Lipinski definition) is 10. The van der Waals surface area contributed by atoms with Crippen LogP contribution in [0.25, 0.3) is 0 Å². The molecule has 5 N–H and O–H groups in total. The lowest BCUT2D eigenvalue weighted by atomic mass is 9.98. The molecule has 6 atom stereocenters. The number of aliphatic hydroxyl groups is 4. The summed E-state index contributed by atoms with van der Waals surface area (Å²) in [6.45, 7) is 1.35. The van der Waals surface area contributed by atoms with E-state index in [1.54, 1.807) is 0 Å². The quantitative estimate of drug-likeness (QED) is 0.324. The zero-order chi connectivity index (χ0) is 20.4. The molecule has 2 amide bonds. The third-order valence-electron chi connectivity index (χ3n) is 4.57. The number of rotatable bonds is 6. The summed E-state index contributed by atoms with van der Waals surface area (Å²) in [5.74, 6) is -0.225. The van der Waals surface area contributed by atoms with Gasteiger partial charge in [-0.15, -0.1) is 5.10 Å². The van der Waals surface area contributed by atoms with Gasteiger partial charge in [0.2, 0.25) is 5.91 Å². The highest BCUT2D eigenvalue weighted by molar-refractivity contribution is 5.73. The van der Waals surface area contributed by atoms with E-state index in [1.807, 2.05) is 0 Å². The lowest BCUT2D eigenvalue weighted by molar-refractivity contribution is -0.254. The molecule has 2 aliphatic heterocycles. The van der Waals surface area contributed by atoms with Gasteiger partial charge in [-0.25, -0.2) is 9.48 Å². The molecule has 156 valence electrons. The summed E-state index contributed by atoms with van der Waals surface area (Å²) in [5.41, 5.74) is 0.370. The van der Waals surface area contributed by atoms with Crippen molar-refractivity contribution in [1.29, 1.82) is 0 Å². The Morgan fingerprint density at radius 2 is 2.07 bits per heavy atom. The zero-order valence-electron chi connectivity index (χ0n) is 15.1. The van der Waals surface area contributed by atoms with Crippen molar-refractivity contribution in [3.8, 4) is 0 Å². The molecule has 1 aromatic heterocycles. The van der Waals surface area contributed by atoms with Crippen molar-refractivity contribution < 1.29 is 39.5 Å². The summed E-state index contributed by atoms with van der Waals surface area (Å²) in [4.78, 5) is 24.3. The largest absolute Gasteiger partial charge is 0.442 e. The third-order valence-corrected chi connectivity index (χ3v) is 4.57. The van der Waals surface area contributed by atoms with Gasteiger partial charge in [0.15, 0.2) is 6.23 Å². The number of aliphatic hydroxyl groups excluding tert-OH is 4. The van der Waals surface area contributed by atoms with Crippen LogP contribution in [0, 0.1) is 0 Å². The average molecular weight is 401 g/mol. The van der Waals surface area contributed by atoms with Crippen molar-refractivity contribution in [3.63, 3.8) is 0 Å². The molecule has 13 nitrogen and oxygen atoms in total. The van der Waals surface area contributed by atoms with Crippen LogP contribution in [0.5, 0.6) is 0 Å². The molecular formula is C15H23N5O8. The fourth-order valence-corrected chi connectivity index (χ4v) is 3.07. The Labute approximate surface area is 159 Å². The van der Waals surface area contributed by atoms with E-state index >= 15 is 0 Å². The maximum absolute atomic E-state index is 11.9. The first-order valence-corrected chi connectivity index (χ1v) is 8.71. The molecule has 2 saturated heterocycles. The van der Waals surface area contributed by atoms with Crippen molar-refractivity contribution in [2.75, 3.05) is 19.7 Å². The number of hydrogen-bond donors (Lipinski definition) is 5. The molecule has 3 heterocycles. The highest BCUT2D eigenvalue weighted by Gasteiger charge is 2.44. The minimum atomic E-state index is -1.54. The maximum Gasteiger partial charge on any atom is 0.410 e. The molecule has 0 saturated carbocycles. The number of aromatic nitrogens is 3. The van der Waals surface area contributed by atoms with Crippen LogP contribution < -0.4 is 5.32 Å². The second-order valence-corrected chi connectivity index (χ2v) is 6.73. The van der Waals surface area contributed by atoms with Gasteiger partial charge >= 0.3 is 6.09 Å². The first kappa shape index (κ1) is 20.4. The molecule has 1 aromatic rings. The second-order valence-electron chi connectivity index (χ2n) is 6.73. The summed E-state index contributed by atoms with van der Waals surface area (Å²) in [6.07, 6.45) is -6.36. The second kappa shape index (κ2) is 8.36. The van der Waals surface area contributed by atoms with Gasteiger partial charge in [-0.05, 0) is 0 Å². The number of ether oxygens (including phenoxy) is 2. The van der Waals surface area contributed by atoms with Gasteiger partial charge in [0.05, 0.1) is 32.4 Å². The Kier molecular flexibility index (Phi) is 6.10. The summed E-state index contributed by atoms with van der Waals surface area (Å²) in [6, 6.07) is 0. The minimum absolute atomic E-state index is 0.0762. The van der Waals surface area contributed by atoms with Crippen LogP contribution in [0.4, 0.5) is 4.79 Å². The fourth-order valence-electron chi connectivity index (χ4n) is 3.07. The maximum atomic E-state index is 11.9. The third kappa shape index (κ3) is 4.23. The number of cyclic esters (lactones) is 1. The number of nitrogens with one attached hydrogen (secondary N) is 1. The standard InChI is InChI=1S/C15H23N5O8/c1-7(22)16-2-9-5-19(15(26)27-9)3-8-4-20(18-17-8)14-13(25)12(24)11(23)10(6-21)28-14/h4,9-14,21,23-25H,2-3,5-6H2,1H3,(H,16,22)/t9?,10-,11-,12+,13-,14-/m1/s1. The average Bonchev–Trinajstić information content (AvgIpc) is 3.25. The van der Waals surface area contributed by atoms with E-state index < -0.39 is 49.4 Å². The van der Waals surface area contributed by atoms with E-state index in [-0.39, 0.29) is 25.5 Å². The van der Waals surface area contributed by atoms with E-state index in [1.165, 1.54) is 18.0 Å². The van der Waals surface area contributed by atoms with Gasteiger partial charge in [-0.3, -0.25) is 9.69 Å². The van der Waals surface area contributed by atoms with Crippen molar-refractivity contribution >= 4 is 12.0 Å². The summed E-state index contributed by atoms with van der Waals surface area (Å²) in [7, 11) is 0. The van der Waals surface area contributed by atoms with E-state index in [0.717, 1.165) is 4.68 Å². The Morgan fingerprint density at radius 3 is 2.75 bits per heavy atom. The Bertz CT molecular complexity index is 712. The van der Waals surface area contributed by atoms with E-state index in [9.17, 15) is 30.0 Å². The number of carbonyl (C=O) groups excluding carboxylic acids is 2. The molecular weight excluding hydrogens is 378 g/mol. The molecule has 2 aliphatic rings.